The monoisotopic (exact) mass is 473 g/mol. The van der Waals surface area contributed by atoms with Crippen molar-refractivity contribution in [2.24, 2.45) is 0 Å². The molecule has 0 heterocycles. The molecule has 0 bridgehead atoms. The maximum absolute atomic E-state index is 14.4. The molecule has 0 amide bonds. The van der Waals surface area contributed by atoms with Crippen LogP contribution in [0.25, 0.3) is 0 Å². The summed E-state index contributed by atoms with van der Waals surface area (Å²) in [6, 6.07) is 16.2. The summed E-state index contributed by atoms with van der Waals surface area (Å²) in [5, 5.41) is 9.58. The van der Waals surface area contributed by atoms with Gasteiger partial charge in [-0.15, -0.1) is 0 Å². The van der Waals surface area contributed by atoms with Crippen LogP contribution in [0, 0.1) is 5.82 Å². The van der Waals surface area contributed by atoms with Crippen LogP contribution < -0.4 is 9.64 Å². The van der Waals surface area contributed by atoms with Crippen molar-refractivity contribution in [1.29, 1.82) is 0 Å². The molecule has 0 unspecified atom stereocenters. The van der Waals surface area contributed by atoms with Crippen molar-refractivity contribution >= 4 is 5.69 Å². The van der Waals surface area contributed by atoms with Gasteiger partial charge in [0.2, 0.25) is 0 Å². The molecule has 176 valence electrons. The minimum absolute atomic E-state index is 0.144. The molecule has 3 aromatic carbocycles. The van der Waals surface area contributed by atoms with Gasteiger partial charge in [-0.1, -0.05) is 30.3 Å². The van der Waals surface area contributed by atoms with E-state index in [4.69, 9.17) is 4.74 Å². The fraction of sp³-hybridized carbons (Fsp3) is 0.217. The van der Waals surface area contributed by atoms with Crippen LogP contribution >= 0.6 is 0 Å². The van der Waals surface area contributed by atoms with Gasteiger partial charge >= 0.3 is 12.4 Å². The Balaban J connectivity index is 1.91. The van der Waals surface area contributed by atoms with Gasteiger partial charge in [0, 0.05) is 23.9 Å². The van der Waals surface area contributed by atoms with E-state index in [2.05, 4.69) is 0 Å². The maximum atomic E-state index is 14.4. The van der Waals surface area contributed by atoms with E-state index in [9.17, 15) is 35.8 Å². The first-order valence-electron chi connectivity index (χ1n) is 9.62. The number of aliphatic hydroxyl groups is 1. The molecule has 10 heteroatoms. The minimum atomic E-state index is -4.95. The van der Waals surface area contributed by atoms with E-state index >= 15 is 0 Å². The highest BCUT2D eigenvalue weighted by Crippen LogP contribution is 2.32. The zero-order valence-corrected chi connectivity index (χ0v) is 16.9. The van der Waals surface area contributed by atoms with Gasteiger partial charge in [-0.2, -0.15) is 26.3 Å². The van der Waals surface area contributed by atoms with Crippen LogP contribution in [0.15, 0.2) is 72.8 Å². The quantitative estimate of drug-likeness (QED) is 0.394. The predicted octanol–water partition coefficient (Wildman–Crippen LogP) is 6.57. The van der Waals surface area contributed by atoms with Gasteiger partial charge < -0.3 is 14.7 Å². The molecule has 0 saturated carbocycles. The molecule has 0 saturated heterocycles. The average Bonchev–Trinajstić information content (AvgIpc) is 2.74. The van der Waals surface area contributed by atoms with E-state index in [1.165, 1.54) is 18.2 Å². The molecule has 0 spiro atoms. The minimum Gasteiger partial charge on any atom is -0.457 e. The van der Waals surface area contributed by atoms with E-state index in [1.54, 1.807) is 36.4 Å². The SMILES string of the molecule is O[C@H](CN(Cc1ccc(C(F)(F)F)cc1F)c1cccc(Oc2ccccc2)c1)C(F)(F)F. The van der Waals surface area contributed by atoms with Crippen LogP contribution in [0.2, 0.25) is 0 Å². The van der Waals surface area contributed by atoms with Crippen LogP contribution in [0.3, 0.4) is 0 Å². The van der Waals surface area contributed by atoms with Gasteiger partial charge in [0.05, 0.1) is 12.1 Å². The summed E-state index contributed by atoms with van der Waals surface area (Å²) in [4.78, 5) is 1.02. The van der Waals surface area contributed by atoms with Crippen LogP contribution in [0.5, 0.6) is 11.5 Å². The first-order chi connectivity index (χ1) is 15.4. The Hall–Kier alpha value is -3.27. The van der Waals surface area contributed by atoms with Crippen molar-refractivity contribution in [2.45, 2.75) is 25.0 Å². The fourth-order valence-corrected chi connectivity index (χ4v) is 3.00. The zero-order chi connectivity index (χ0) is 24.2. The molecule has 0 fully saturated rings. The van der Waals surface area contributed by atoms with Gasteiger partial charge in [0.25, 0.3) is 0 Å². The lowest BCUT2D eigenvalue weighted by Gasteiger charge is -2.29. The number of benzene rings is 3. The van der Waals surface area contributed by atoms with Crippen LogP contribution in [0.4, 0.5) is 36.4 Å². The Morgan fingerprint density at radius 2 is 1.48 bits per heavy atom. The van der Waals surface area contributed by atoms with Gasteiger partial charge in [-0.3, -0.25) is 0 Å². The lowest BCUT2D eigenvalue weighted by molar-refractivity contribution is -0.200. The van der Waals surface area contributed by atoms with Crippen LogP contribution in [-0.4, -0.2) is 23.9 Å². The zero-order valence-electron chi connectivity index (χ0n) is 16.9. The molecule has 0 aliphatic carbocycles. The summed E-state index contributed by atoms with van der Waals surface area (Å²) in [5.41, 5.74) is -1.35. The third-order valence-electron chi connectivity index (χ3n) is 4.67. The number of para-hydroxylation sites is 1. The Kier molecular flexibility index (Phi) is 7.16. The number of halogens is 7. The lowest BCUT2D eigenvalue weighted by atomic mass is 10.1. The summed E-state index contributed by atoms with van der Waals surface area (Å²) >= 11 is 0. The lowest BCUT2D eigenvalue weighted by Crippen LogP contribution is -2.41. The van der Waals surface area contributed by atoms with Crippen molar-refractivity contribution in [2.75, 3.05) is 11.4 Å². The Morgan fingerprint density at radius 3 is 2.09 bits per heavy atom. The first kappa shape index (κ1) is 24.4. The molecular formula is C23H18F7NO2. The van der Waals surface area contributed by atoms with Crippen molar-refractivity contribution in [3.05, 3.63) is 89.7 Å². The molecule has 3 rings (SSSR count). The van der Waals surface area contributed by atoms with E-state index in [0.29, 0.717) is 11.8 Å². The molecule has 33 heavy (non-hydrogen) atoms. The first-order valence-corrected chi connectivity index (χ1v) is 9.62. The Morgan fingerprint density at radius 1 is 0.818 bits per heavy atom. The smallest absolute Gasteiger partial charge is 0.416 e. The van der Waals surface area contributed by atoms with Crippen LogP contribution in [-0.2, 0) is 12.7 Å². The van der Waals surface area contributed by atoms with Crippen molar-refractivity contribution in [3.63, 3.8) is 0 Å². The number of alkyl halides is 6. The summed E-state index contributed by atoms with van der Waals surface area (Å²) in [6.45, 7) is -1.50. The second-order valence-corrected chi connectivity index (χ2v) is 7.15. The van der Waals surface area contributed by atoms with Crippen molar-refractivity contribution < 1.29 is 40.6 Å². The second kappa shape index (κ2) is 9.70. The highest BCUT2D eigenvalue weighted by molar-refractivity contribution is 5.52. The summed E-state index contributed by atoms with van der Waals surface area (Å²) in [7, 11) is 0. The maximum Gasteiger partial charge on any atom is 0.416 e. The molecule has 0 aromatic heterocycles. The van der Waals surface area contributed by atoms with Crippen LogP contribution in [0.1, 0.15) is 11.1 Å². The normalized spacial score (nSPS) is 13.0. The summed E-state index contributed by atoms with van der Waals surface area (Å²) in [6.07, 6.45) is -12.5. The number of rotatable bonds is 7. The van der Waals surface area contributed by atoms with Crippen molar-refractivity contribution in [3.8, 4) is 11.5 Å². The highest BCUT2D eigenvalue weighted by Gasteiger charge is 2.39. The number of anilines is 1. The van der Waals surface area contributed by atoms with Gasteiger partial charge in [0.15, 0.2) is 6.10 Å². The highest BCUT2D eigenvalue weighted by atomic mass is 19.4. The molecule has 1 N–H and O–H groups in total. The number of ether oxygens (including phenoxy) is 1. The van der Waals surface area contributed by atoms with Gasteiger partial charge in [-0.25, -0.2) is 4.39 Å². The molecular weight excluding hydrogens is 455 g/mol. The van der Waals surface area contributed by atoms with Gasteiger partial charge in [-0.05, 0) is 36.4 Å². The van der Waals surface area contributed by atoms with E-state index in [1.807, 2.05) is 0 Å². The fourth-order valence-electron chi connectivity index (χ4n) is 3.00. The molecule has 1 atom stereocenters. The Bertz CT molecular complexity index is 1070. The molecule has 0 radical (unpaired) electrons. The number of hydrogen-bond donors (Lipinski definition) is 1. The Labute approximate surface area is 184 Å². The number of nitrogens with zero attached hydrogens (tertiary/aromatic N) is 1. The third-order valence-corrected chi connectivity index (χ3v) is 4.67. The predicted molar refractivity (Wildman–Crippen MR) is 107 cm³/mol. The van der Waals surface area contributed by atoms with E-state index in [0.717, 1.165) is 11.0 Å². The second-order valence-electron chi connectivity index (χ2n) is 7.15. The molecule has 3 aromatic rings. The molecule has 0 aliphatic rings. The number of aliphatic hydroxyl groups excluding tert-OH is 1. The third kappa shape index (κ3) is 6.61. The largest absolute Gasteiger partial charge is 0.457 e. The van der Waals surface area contributed by atoms with E-state index in [-0.39, 0.29) is 23.1 Å². The summed E-state index contributed by atoms with van der Waals surface area (Å²) < 4.78 is 97.4. The molecule has 0 aliphatic heterocycles. The topological polar surface area (TPSA) is 32.7 Å². The van der Waals surface area contributed by atoms with E-state index < -0.39 is 42.9 Å². The van der Waals surface area contributed by atoms with Gasteiger partial charge in [0.1, 0.15) is 17.3 Å². The number of hydrogen-bond acceptors (Lipinski definition) is 3. The van der Waals surface area contributed by atoms with Crippen molar-refractivity contribution in [1.82, 2.24) is 0 Å². The average molecular weight is 473 g/mol. The molecule has 3 nitrogen and oxygen atoms in total. The summed E-state index contributed by atoms with van der Waals surface area (Å²) in [5.74, 6) is -0.503. The standard InChI is InChI=1S/C23H18F7NO2/c24-20-11-16(22(25,26)27)10-9-15(20)13-31(14-21(32)23(28,29)30)17-5-4-8-19(12-17)33-18-6-2-1-3-7-18/h1-12,21,32H,13-14H2/t21-/m1/s1.